The molecule has 1 aromatic carbocycles. The number of nitrogens with two attached hydrogens (primary N) is 1. The van der Waals surface area contributed by atoms with Gasteiger partial charge in [-0.25, -0.2) is 4.79 Å². The third-order valence-corrected chi connectivity index (χ3v) is 7.64. The quantitative estimate of drug-likeness (QED) is 0.200. The minimum Gasteiger partial charge on any atom is -0.506 e. The number of carbonyl (C=O) groups is 2. The third kappa shape index (κ3) is 7.72. The number of nitrogens with zero attached hydrogens (tertiary/aromatic N) is 1. The Morgan fingerprint density at radius 1 is 1.14 bits per heavy atom. The van der Waals surface area contributed by atoms with E-state index in [1.54, 1.807) is 44.2 Å². The van der Waals surface area contributed by atoms with Crippen molar-refractivity contribution in [2.24, 2.45) is 11.7 Å². The molecule has 1 saturated heterocycles. The summed E-state index contributed by atoms with van der Waals surface area (Å²) in [5.74, 6) is -1.18. The van der Waals surface area contributed by atoms with Crippen molar-refractivity contribution in [1.82, 2.24) is 0 Å². The van der Waals surface area contributed by atoms with E-state index in [1.807, 2.05) is 18.7 Å². The second-order valence-electron chi connectivity index (χ2n) is 10.9. The van der Waals surface area contributed by atoms with Crippen LogP contribution in [0.5, 0.6) is 11.5 Å². The minimum atomic E-state index is -0.987. The number of rotatable bonds is 4. The van der Waals surface area contributed by atoms with Gasteiger partial charge >= 0.3 is 6.09 Å². The Morgan fingerprint density at radius 3 is 2.40 bits per heavy atom. The first-order chi connectivity index (χ1) is 19.9. The van der Waals surface area contributed by atoms with Crippen LogP contribution >= 0.6 is 0 Å². The van der Waals surface area contributed by atoms with Gasteiger partial charge < -0.3 is 45.5 Å². The highest BCUT2D eigenvalue weighted by Gasteiger charge is 2.30. The van der Waals surface area contributed by atoms with Crippen LogP contribution in [0.1, 0.15) is 46.1 Å². The van der Waals surface area contributed by atoms with Crippen molar-refractivity contribution in [3.8, 4) is 11.5 Å². The number of methoxy groups -OCH3 is 2. The zero-order valence-electron chi connectivity index (χ0n) is 25.1. The molecule has 0 aromatic heterocycles. The van der Waals surface area contributed by atoms with Gasteiger partial charge in [0, 0.05) is 50.4 Å². The maximum Gasteiger partial charge on any atom is 0.405 e. The molecule has 2 aliphatic heterocycles. The summed E-state index contributed by atoms with van der Waals surface area (Å²) in [6.07, 6.45) is 5.30. The van der Waals surface area contributed by atoms with Gasteiger partial charge in [-0.15, -0.1) is 0 Å². The highest BCUT2D eigenvalue weighted by atomic mass is 16.6. The number of hydrogen-bond acceptors (Lipinski definition) is 9. The molecule has 11 nitrogen and oxygen atoms in total. The number of allylic oxidation sites excluding steroid dienone is 2. The summed E-state index contributed by atoms with van der Waals surface area (Å²) >= 11 is 0. The van der Waals surface area contributed by atoms with Crippen molar-refractivity contribution < 1.29 is 39.1 Å². The number of ether oxygens (including phenoxy) is 3. The molecular weight excluding hydrogens is 542 g/mol. The Bertz CT molecular complexity index is 1280. The lowest BCUT2D eigenvalue weighted by Crippen LogP contribution is -2.37. The molecule has 5 atom stereocenters. The molecule has 3 rings (SSSR count). The number of phenolic OH excluding ortho intramolecular Hbond substituents is 2. The summed E-state index contributed by atoms with van der Waals surface area (Å²) in [5.41, 5.74) is 7.92. The van der Waals surface area contributed by atoms with E-state index in [9.17, 15) is 24.9 Å². The number of phenols is 2. The zero-order valence-corrected chi connectivity index (χ0v) is 25.1. The number of hydrogen-bond donors (Lipinski definition) is 5. The summed E-state index contributed by atoms with van der Waals surface area (Å²) in [5, 5.41) is 36.2. The van der Waals surface area contributed by atoms with Gasteiger partial charge in [0.15, 0.2) is 6.10 Å². The number of aliphatic hydroxyl groups is 1. The maximum atomic E-state index is 13.0. The third-order valence-electron chi connectivity index (χ3n) is 7.64. The molecule has 0 radical (unpaired) electrons. The molecule has 1 aromatic rings. The Balaban J connectivity index is 2.16. The Hall–Kier alpha value is -3.80. The Kier molecular flexibility index (Phi) is 11.2. The van der Waals surface area contributed by atoms with Crippen molar-refractivity contribution in [2.45, 2.75) is 65.0 Å². The average molecular weight is 586 g/mol. The summed E-state index contributed by atoms with van der Waals surface area (Å²) in [6, 6.07) is 1.34. The fourth-order valence-corrected chi connectivity index (χ4v) is 5.14. The second kappa shape index (κ2) is 14.4. The highest BCUT2D eigenvalue weighted by Crippen LogP contribution is 2.45. The van der Waals surface area contributed by atoms with E-state index >= 15 is 0 Å². The molecule has 2 amide bonds. The first kappa shape index (κ1) is 32.7. The number of carbonyl (C=O) groups excluding carboxylic acids is 2. The van der Waals surface area contributed by atoms with Crippen LogP contribution < -0.4 is 16.0 Å². The minimum absolute atomic E-state index is 0.0527. The number of aliphatic hydroxyl groups excluding tert-OH is 1. The summed E-state index contributed by atoms with van der Waals surface area (Å²) < 4.78 is 16.6. The predicted molar refractivity (Wildman–Crippen MR) is 161 cm³/mol. The van der Waals surface area contributed by atoms with E-state index in [2.05, 4.69) is 5.32 Å². The summed E-state index contributed by atoms with van der Waals surface area (Å²) in [4.78, 5) is 26.7. The number of aromatic hydroxyl groups is 2. The van der Waals surface area contributed by atoms with Crippen LogP contribution in [0.4, 0.5) is 16.2 Å². The molecule has 0 unspecified atom stereocenters. The van der Waals surface area contributed by atoms with Gasteiger partial charge in [0.05, 0.1) is 23.6 Å². The van der Waals surface area contributed by atoms with Gasteiger partial charge in [-0.2, -0.15) is 0 Å². The smallest absolute Gasteiger partial charge is 0.405 e. The zero-order chi connectivity index (χ0) is 31.1. The first-order valence-electron chi connectivity index (χ1n) is 13.9. The lowest BCUT2D eigenvalue weighted by Gasteiger charge is -2.35. The number of primary amides is 1. The van der Waals surface area contributed by atoms with E-state index in [0.717, 1.165) is 25.1 Å². The topological polar surface area (TPSA) is 164 Å². The predicted octanol–water partition coefficient (Wildman–Crippen LogP) is 3.99. The molecule has 2 aliphatic rings. The molecule has 6 N–H and O–H groups in total. The van der Waals surface area contributed by atoms with Gasteiger partial charge in [-0.3, -0.25) is 4.79 Å². The standard InChI is InChI=1S/C31H43N3O8/c1-17-13-21-26(34-11-8-12-34)23(35)16-22(28(21)37)33-30(38)18(2)9-7-10-24(40-5)29(42-31(32)39)20(4)15-19(3)27(36)25(14-17)41-6/h7,9-10,13,15-16,19,24-25,27,29,35-37H,8,11-12,14H2,1-6H3,(H2,32,39)(H,33,38)/b10-7-,17-13-,18-9+,20-15+/t19-,24-,25-,27+,29-/m0/s1. The Morgan fingerprint density at radius 2 is 1.83 bits per heavy atom. The van der Waals surface area contributed by atoms with Crippen molar-refractivity contribution in [2.75, 3.05) is 37.5 Å². The molecule has 0 saturated carbocycles. The molecule has 1 fully saturated rings. The van der Waals surface area contributed by atoms with Crippen LogP contribution in [0.3, 0.4) is 0 Å². The largest absolute Gasteiger partial charge is 0.506 e. The first-order valence-corrected chi connectivity index (χ1v) is 13.9. The SMILES string of the molecule is CO[C@H]1/C=C\C=C(/C)C(=O)Nc2cc(O)c(N3CCC3)c(c2O)/C=C(/C)C[C@H](OC)[C@H](O)[C@@H](C)/C=C(\C)[C@@H]1OC(N)=O. The fourth-order valence-electron chi connectivity index (χ4n) is 5.14. The van der Waals surface area contributed by atoms with Gasteiger partial charge in [-0.1, -0.05) is 36.8 Å². The van der Waals surface area contributed by atoms with Gasteiger partial charge in [0.25, 0.3) is 5.91 Å². The van der Waals surface area contributed by atoms with E-state index in [0.29, 0.717) is 28.8 Å². The van der Waals surface area contributed by atoms with Gasteiger partial charge in [-0.05, 0) is 45.3 Å². The van der Waals surface area contributed by atoms with Crippen LogP contribution in [0.25, 0.3) is 6.08 Å². The molecule has 230 valence electrons. The van der Waals surface area contributed by atoms with Crippen molar-refractivity contribution >= 4 is 29.5 Å². The maximum absolute atomic E-state index is 13.0. The Labute approximate surface area is 246 Å². The van der Waals surface area contributed by atoms with E-state index in [4.69, 9.17) is 19.9 Å². The van der Waals surface area contributed by atoms with Gasteiger partial charge in [0.2, 0.25) is 0 Å². The van der Waals surface area contributed by atoms with Crippen LogP contribution in [-0.4, -0.2) is 79.0 Å². The summed E-state index contributed by atoms with van der Waals surface area (Å²) in [7, 11) is 2.95. The number of benzene rings is 1. The van der Waals surface area contributed by atoms with E-state index in [1.165, 1.54) is 20.3 Å². The summed E-state index contributed by atoms with van der Waals surface area (Å²) in [6.45, 7) is 8.44. The van der Waals surface area contributed by atoms with Crippen molar-refractivity contribution in [3.63, 3.8) is 0 Å². The second-order valence-corrected chi connectivity index (χ2v) is 10.9. The fraction of sp³-hybridized carbons (Fsp3) is 0.484. The lowest BCUT2D eigenvalue weighted by atomic mass is 9.91. The van der Waals surface area contributed by atoms with Crippen molar-refractivity contribution in [1.29, 1.82) is 0 Å². The average Bonchev–Trinajstić information content (AvgIpc) is 2.90. The van der Waals surface area contributed by atoms with Crippen LogP contribution in [-0.2, 0) is 19.0 Å². The van der Waals surface area contributed by atoms with Crippen LogP contribution in [0.15, 0.2) is 47.1 Å². The molecule has 42 heavy (non-hydrogen) atoms. The molecule has 2 heterocycles. The molecule has 0 spiro atoms. The normalized spacial score (nSPS) is 30.5. The lowest BCUT2D eigenvalue weighted by molar-refractivity contribution is -0.112. The number of amides is 2. The monoisotopic (exact) mass is 585 g/mol. The van der Waals surface area contributed by atoms with E-state index < -0.39 is 42.3 Å². The van der Waals surface area contributed by atoms with Gasteiger partial charge in [0.1, 0.15) is 17.6 Å². The van der Waals surface area contributed by atoms with Crippen LogP contribution in [0, 0.1) is 5.92 Å². The molecule has 0 aliphatic carbocycles. The number of anilines is 2. The van der Waals surface area contributed by atoms with Crippen LogP contribution in [0.2, 0.25) is 0 Å². The van der Waals surface area contributed by atoms with E-state index in [-0.39, 0.29) is 17.2 Å². The highest BCUT2D eigenvalue weighted by molar-refractivity contribution is 6.05. The number of nitrogens with one attached hydrogen (secondary N) is 1. The molecule has 2 bridgehead atoms. The van der Waals surface area contributed by atoms with Crippen molar-refractivity contribution in [3.05, 3.63) is 52.7 Å². The molecule has 11 heteroatoms. The molecular formula is C31H43N3O8. The number of fused-ring (bicyclic) bond motifs is 2.